The maximum absolute atomic E-state index is 12.6. The van der Waals surface area contributed by atoms with Gasteiger partial charge in [0.2, 0.25) is 5.95 Å². The molecule has 0 bridgehead atoms. The summed E-state index contributed by atoms with van der Waals surface area (Å²) in [5, 5.41) is 2.70. The number of hydrogen-bond acceptors (Lipinski definition) is 4. The number of alkyl halides is 3. The van der Waals surface area contributed by atoms with Gasteiger partial charge in [0.05, 0.1) is 31.7 Å². The third-order valence-electron chi connectivity index (χ3n) is 4.73. The molecule has 9 heteroatoms. The molecule has 144 valence electrons. The molecular formula is C18H21F3N5O+. The van der Waals surface area contributed by atoms with Crippen LogP contribution in [0.5, 0.6) is 0 Å². The number of nitrogens with zero attached hydrogens (tertiary/aromatic N) is 3. The molecule has 0 spiro atoms. The Morgan fingerprint density at radius 2 is 1.74 bits per heavy atom. The van der Waals surface area contributed by atoms with Crippen LogP contribution in [-0.4, -0.2) is 48.1 Å². The number of benzene rings is 1. The Hall–Kier alpha value is -2.68. The first kappa shape index (κ1) is 19.1. The van der Waals surface area contributed by atoms with E-state index in [1.807, 2.05) is 6.92 Å². The zero-order valence-corrected chi connectivity index (χ0v) is 14.8. The van der Waals surface area contributed by atoms with Crippen molar-refractivity contribution < 1.29 is 22.9 Å². The van der Waals surface area contributed by atoms with E-state index >= 15 is 0 Å². The van der Waals surface area contributed by atoms with Crippen molar-refractivity contribution in [2.45, 2.75) is 19.1 Å². The van der Waals surface area contributed by atoms with Crippen LogP contribution >= 0.6 is 0 Å². The number of amides is 1. The fourth-order valence-corrected chi connectivity index (χ4v) is 3.06. The molecular weight excluding hydrogens is 359 g/mol. The number of hydrogen-bond donors (Lipinski definition) is 2. The summed E-state index contributed by atoms with van der Waals surface area (Å²) in [6.07, 6.45) is -0.995. The molecule has 3 rings (SSSR count). The Bertz CT molecular complexity index is 759. The highest BCUT2D eigenvalue weighted by molar-refractivity contribution is 5.93. The predicted octanol–water partition coefficient (Wildman–Crippen LogP) is 1.23. The highest BCUT2D eigenvalue weighted by Crippen LogP contribution is 2.29. The zero-order valence-electron chi connectivity index (χ0n) is 14.8. The highest BCUT2D eigenvalue weighted by atomic mass is 19.4. The number of anilines is 2. The van der Waals surface area contributed by atoms with E-state index in [4.69, 9.17) is 0 Å². The number of nitrogens with one attached hydrogen (secondary N) is 2. The van der Waals surface area contributed by atoms with Crippen LogP contribution in [0.25, 0.3) is 0 Å². The number of halogens is 3. The second-order valence-electron chi connectivity index (χ2n) is 6.48. The van der Waals surface area contributed by atoms with Gasteiger partial charge in [-0.25, -0.2) is 9.97 Å². The lowest BCUT2D eigenvalue weighted by Gasteiger charge is -2.34. The summed E-state index contributed by atoms with van der Waals surface area (Å²) in [4.78, 5) is 24.1. The first-order valence-electron chi connectivity index (χ1n) is 8.69. The molecule has 1 fully saturated rings. The van der Waals surface area contributed by atoms with E-state index in [1.54, 1.807) is 18.5 Å². The van der Waals surface area contributed by atoms with Gasteiger partial charge in [0.25, 0.3) is 5.91 Å². The van der Waals surface area contributed by atoms with E-state index in [-0.39, 0.29) is 11.9 Å². The number of rotatable bonds is 4. The molecule has 6 nitrogen and oxygen atoms in total. The molecule has 1 amide bonds. The summed E-state index contributed by atoms with van der Waals surface area (Å²) in [5.41, 5.74) is -0.381. The second kappa shape index (κ2) is 7.91. The predicted molar refractivity (Wildman–Crippen MR) is 94.5 cm³/mol. The Labute approximate surface area is 155 Å². The summed E-state index contributed by atoms with van der Waals surface area (Å²) in [6.45, 7) is 4.79. The molecule has 2 N–H and O–H groups in total. The summed E-state index contributed by atoms with van der Waals surface area (Å²) >= 11 is 0. The van der Waals surface area contributed by atoms with E-state index in [9.17, 15) is 18.0 Å². The third-order valence-corrected chi connectivity index (χ3v) is 4.73. The van der Waals surface area contributed by atoms with Crippen molar-refractivity contribution >= 4 is 17.5 Å². The molecule has 1 atom stereocenters. The molecule has 1 saturated heterocycles. The summed E-state index contributed by atoms with van der Waals surface area (Å²) in [5.74, 6) is 0.465. The Kier molecular flexibility index (Phi) is 5.59. The van der Waals surface area contributed by atoms with E-state index in [1.165, 1.54) is 12.1 Å². The lowest BCUT2D eigenvalue weighted by molar-refractivity contribution is -0.914. The fraction of sp³-hybridized carbons (Fsp3) is 0.389. The van der Waals surface area contributed by atoms with E-state index < -0.39 is 11.7 Å². The van der Waals surface area contributed by atoms with Crippen LogP contribution in [0.4, 0.5) is 24.8 Å². The molecule has 1 aromatic carbocycles. The molecule has 1 aliphatic heterocycles. The Balaban J connectivity index is 1.54. The van der Waals surface area contributed by atoms with Gasteiger partial charge in [-0.05, 0) is 37.3 Å². The van der Waals surface area contributed by atoms with E-state index in [2.05, 4.69) is 20.2 Å². The number of carbonyl (C=O) groups is 1. The van der Waals surface area contributed by atoms with Gasteiger partial charge in [-0.3, -0.25) is 4.79 Å². The topological polar surface area (TPSA) is 62.6 Å². The highest BCUT2D eigenvalue weighted by Gasteiger charge is 2.31. The van der Waals surface area contributed by atoms with Crippen molar-refractivity contribution in [2.24, 2.45) is 0 Å². The van der Waals surface area contributed by atoms with Crippen LogP contribution in [0.3, 0.4) is 0 Å². The molecule has 2 aromatic rings. The SMILES string of the molecule is C[C@H](C(=O)Nc1ccc(C(F)(F)F)cc1)[NH+]1CCN(c2ncccn2)CC1. The van der Waals surface area contributed by atoms with Gasteiger partial charge >= 0.3 is 6.18 Å². The molecule has 27 heavy (non-hydrogen) atoms. The summed E-state index contributed by atoms with van der Waals surface area (Å²) < 4.78 is 37.8. The molecule has 1 aliphatic rings. The van der Waals surface area contributed by atoms with Gasteiger partial charge in [-0.2, -0.15) is 13.2 Å². The molecule has 1 aromatic heterocycles. The number of quaternary nitrogens is 1. The fourth-order valence-electron chi connectivity index (χ4n) is 3.06. The van der Waals surface area contributed by atoms with Gasteiger partial charge < -0.3 is 15.1 Å². The largest absolute Gasteiger partial charge is 0.416 e. The van der Waals surface area contributed by atoms with Crippen LogP contribution < -0.4 is 15.1 Å². The van der Waals surface area contributed by atoms with Crippen LogP contribution in [0.15, 0.2) is 42.7 Å². The van der Waals surface area contributed by atoms with Crippen molar-refractivity contribution in [3.63, 3.8) is 0 Å². The quantitative estimate of drug-likeness (QED) is 0.838. The maximum atomic E-state index is 12.6. The first-order valence-corrected chi connectivity index (χ1v) is 8.69. The molecule has 2 heterocycles. The third kappa shape index (κ3) is 4.73. The first-order chi connectivity index (χ1) is 12.8. The zero-order chi connectivity index (χ0) is 19.4. The van der Waals surface area contributed by atoms with Crippen molar-refractivity contribution in [1.29, 1.82) is 0 Å². The van der Waals surface area contributed by atoms with Crippen LogP contribution in [0, 0.1) is 0 Å². The molecule has 0 saturated carbocycles. The molecule has 0 radical (unpaired) electrons. The smallest absolute Gasteiger partial charge is 0.330 e. The maximum Gasteiger partial charge on any atom is 0.416 e. The van der Waals surface area contributed by atoms with Gasteiger partial charge in [0.15, 0.2) is 6.04 Å². The van der Waals surface area contributed by atoms with Crippen molar-refractivity contribution in [1.82, 2.24) is 9.97 Å². The van der Waals surface area contributed by atoms with Gasteiger partial charge in [-0.1, -0.05) is 0 Å². The van der Waals surface area contributed by atoms with Gasteiger partial charge in [0.1, 0.15) is 0 Å². The van der Waals surface area contributed by atoms with E-state index in [0.29, 0.717) is 11.6 Å². The average Bonchev–Trinajstić information content (AvgIpc) is 2.68. The van der Waals surface area contributed by atoms with E-state index in [0.717, 1.165) is 43.2 Å². The van der Waals surface area contributed by atoms with Crippen molar-refractivity contribution in [2.75, 3.05) is 36.4 Å². The lowest BCUT2D eigenvalue weighted by atomic mass is 10.2. The number of piperazine rings is 1. The minimum atomic E-state index is -4.39. The van der Waals surface area contributed by atoms with Gasteiger partial charge in [-0.15, -0.1) is 0 Å². The Morgan fingerprint density at radius 3 is 2.30 bits per heavy atom. The molecule has 0 aliphatic carbocycles. The van der Waals surface area contributed by atoms with Crippen LogP contribution in [0.1, 0.15) is 12.5 Å². The average molecular weight is 380 g/mol. The minimum absolute atomic E-state index is 0.214. The normalized spacial score (nSPS) is 16.8. The van der Waals surface area contributed by atoms with Crippen molar-refractivity contribution in [3.05, 3.63) is 48.3 Å². The van der Waals surface area contributed by atoms with Crippen LogP contribution in [0.2, 0.25) is 0 Å². The van der Waals surface area contributed by atoms with Crippen molar-refractivity contribution in [3.8, 4) is 0 Å². The minimum Gasteiger partial charge on any atom is -0.330 e. The summed E-state index contributed by atoms with van der Waals surface area (Å²) in [7, 11) is 0. The molecule has 0 unspecified atom stereocenters. The standard InChI is InChI=1S/C18H20F3N5O/c1-13(16(27)24-15-5-3-14(4-6-15)18(19,20)21)25-9-11-26(12-10-25)17-22-7-2-8-23-17/h2-8,13H,9-12H2,1H3,(H,24,27)/p+1/t13-/m1/s1. The lowest BCUT2D eigenvalue weighted by Crippen LogP contribution is -3.19. The number of aromatic nitrogens is 2. The summed E-state index contributed by atoms with van der Waals surface area (Å²) in [6, 6.07) is 5.92. The second-order valence-corrected chi connectivity index (χ2v) is 6.48. The monoisotopic (exact) mass is 380 g/mol. The van der Waals surface area contributed by atoms with Gasteiger partial charge in [0, 0.05) is 18.1 Å². The number of carbonyl (C=O) groups excluding carboxylic acids is 1. The van der Waals surface area contributed by atoms with Crippen LogP contribution in [-0.2, 0) is 11.0 Å². The Morgan fingerprint density at radius 1 is 1.15 bits per heavy atom.